The fraction of sp³-hybridized carbons (Fsp3) is 0.643. The molecular weight excluding hydrogens is 258 g/mol. The molecule has 1 heterocycles. The molecular formula is C14H23N3O3. The van der Waals surface area contributed by atoms with Crippen LogP contribution in [0.15, 0.2) is 12.4 Å². The highest BCUT2D eigenvalue weighted by Gasteiger charge is 2.34. The lowest BCUT2D eigenvalue weighted by Gasteiger charge is -2.27. The van der Waals surface area contributed by atoms with Crippen molar-refractivity contribution in [3.8, 4) is 5.88 Å². The number of carboxylic acid groups (broad SMARTS) is 1. The number of aliphatic carboxylic acids is 1. The molecule has 0 amide bonds. The first-order chi connectivity index (χ1) is 9.43. The molecule has 0 atom stereocenters. The Morgan fingerprint density at radius 3 is 2.55 bits per heavy atom. The van der Waals surface area contributed by atoms with Crippen molar-refractivity contribution in [1.29, 1.82) is 0 Å². The number of hydrogen-bond acceptors (Lipinski definition) is 5. The van der Waals surface area contributed by atoms with E-state index in [0.29, 0.717) is 31.1 Å². The van der Waals surface area contributed by atoms with E-state index < -0.39 is 11.4 Å². The fourth-order valence-corrected chi connectivity index (χ4v) is 1.87. The third kappa shape index (κ3) is 4.08. The van der Waals surface area contributed by atoms with Gasteiger partial charge in [0.15, 0.2) is 0 Å². The highest BCUT2D eigenvalue weighted by Crippen LogP contribution is 2.27. The molecule has 0 unspecified atom stereocenters. The van der Waals surface area contributed by atoms with Crippen molar-refractivity contribution in [2.45, 2.75) is 46.6 Å². The highest BCUT2D eigenvalue weighted by molar-refractivity contribution is 5.75. The van der Waals surface area contributed by atoms with Crippen LogP contribution in [0, 0.1) is 5.41 Å². The van der Waals surface area contributed by atoms with E-state index in [2.05, 4.69) is 15.3 Å². The minimum atomic E-state index is -0.794. The van der Waals surface area contributed by atoms with E-state index in [1.165, 1.54) is 6.20 Å². The van der Waals surface area contributed by atoms with E-state index in [-0.39, 0.29) is 6.10 Å². The van der Waals surface area contributed by atoms with E-state index in [1.54, 1.807) is 6.20 Å². The van der Waals surface area contributed by atoms with Gasteiger partial charge in [0.2, 0.25) is 5.88 Å². The third-order valence-corrected chi connectivity index (χ3v) is 3.38. The van der Waals surface area contributed by atoms with Crippen molar-refractivity contribution < 1.29 is 14.6 Å². The zero-order chi connectivity index (χ0) is 15.2. The number of anilines is 1. The molecule has 0 aliphatic rings. The van der Waals surface area contributed by atoms with Crippen LogP contribution in [0.1, 0.15) is 40.5 Å². The maximum atomic E-state index is 11.4. The molecule has 0 aromatic carbocycles. The number of carboxylic acids is 1. The SMILES string of the molecule is CCC(CC)(CNc1cncc(OC(C)C)n1)C(=O)O. The van der Waals surface area contributed by atoms with Gasteiger partial charge in [0.05, 0.1) is 23.9 Å². The number of carbonyl (C=O) groups is 1. The van der Waals surface area contributed by atoms with Crippen molar-refractivity contribution in [1.82, 2.24) is 9.97 Å². The maximum absolute atomic E-state index is 11.4. The minimum Gasteiger partial charge on any atom is -0.481 e. The van der Waals surface area contributed by atoms with E-state index >= 15 is 0 Å². The van der Waals surface area contributed by atoms with Gasteiger partial charge in [0.1, 0.15) is 5.82 Å². The van der Waals surface area contributed by atoms with Gasteiger partial charge in [0, 0.05) is 6.54 Å². The van der Waals surface area contributed by atoms with Crippen LogP contribution < -0.4 is 10.1 Å². The van der Waals surface area contributed by atoms with Gasteiger partial charge in [-0.25, -0.2) is 0 Å². The summed E-state index contributed by atoms with van der Waals surface area (Å²) >= 11 is 0. The third-order valence-electron chi connectivity index (χ3n) is 3.38. The summed E-state index contributed by atoms with van der Waals surface area (Å²) in [6.45, 7) is 7.89. The van der Waals surface area contributed by atoms with E-state index in [4.69, 9.17) is 4.74 Å². The Morgan fingerprint density at radius 2 is 2.05 bits per heavy atom. The van der Waals surface area contributed by atoms with Crippen LogP contribution in [0.25, 0.3) is 0 Å². The monoisotopic (exact) mass is 281 g/mol. The normalized spacial score (nSPS) is 11.4. The largest absolute Gasteiger partial charge is 0.481 e. The van der Waals surface area contributed by atoms with E-state index in [1.807, 2.05) is 27.7 Å². The lowest BCUT2D eigenvalue weighted by Crippen LogP contribution is -2.37. The standard InChI is InChI=1S/C14H23N3O3/c1-5-14(6-2,13(18)19)9-16-11-7-15-8-12(17-11)20-10(3)4/h7-8,10H,5-6,9H2,1-4H3,(H,16,17)(H,18,19). The van der Waals surface area contributed by atoms with E-state index in [0.717, 1.165) is 0 Å². The predicted octanol–water partition coefficient (Wildman–Crippen LogP) is 2.57. The second-order valence-corrected chi connectivity index (χ2v) is 5.06. The molecule has 0 saturated heterocycles. The summed E-state index contributed by atoms with van der Waals surface area (Å²) < 4.78 is 5.46. The Balaban J connectivity index is 2.76. The number of rotatable bonds is 8. The molecule has 6 heteroatoms. The van der Waals surface area contributed by atoms with Crippen molar-refractivity contribution in [2.24, 2.45) is 5.41 Å². The molecule has 1 rings (SSSR count). The molecule has 0 aliphatic carbocycles. The second-order valence-electron chi connectivity index (χ2n) is 5.06. The van der Waals surface area contributed by atoms with Crippen LogP contribution >= 0.6 is 0 Å². The van der Waals surface area contributed by atoms with Gasteiger partial charge < -0.3 is 15.2 Å². The van der Waals surface area contributed by atoms with Crippen molar-refractivity contribution in [3.63, 3.8) is 0 Å². The van der Waals surface area contributed by atoms with Crippen LogP contribution in [0.4, 0.5) is 5.82 Å². The summed E-state index contributed by atoms with van der Waals surface area (Å²) in [5.74, 6) is 0.159. The predicted molar refractivity (Wildman–Crippen MR) is 76.9 cm³/mol. The van der Waals surface area contributed by atoms with Crippen LogP contribution in [0.3, 0.4) is 0 Å². The Bertz CT molecular complexity index is 445. The number of aromatic nitrogens is 2. The number of ether oxygens (including phenoxy) is 1. The highest BCUT2D eigenvalue weighted by atomic mass is 16.5. The minimum absolute atomic E-state index is 0.0175. The van der Waals surface area contributed by atoms with Gasteiger partial charge in [-0.05, 0) is 26.7 Å². The average molecular weight is 281 g/mol. The zero-order valence-electron chi connectivity index (χ0n) is 12.5. The molecule has 0 radical (unpaired) electrons. The number of nitrogens with one attached hydrogen (secondary N) is 1. The first-order valence-electron chi connectivity index (χ1n) is 6.89. The topological polar surface area (TPSA) is 84.3 Å². The molecule has 1 aromatic heterocycles. The zero-order valence-corrected chi connectivity index (χ0v) is 12.5. The molecule has 0 bridgehead atoms. The number of nitrogens with zero attached hydrogens (tertiary/aromatic N) is 2. The first-order valence-corrected chi connectivity index (χ1v) is 6.89. The van der Waals surface area contributed by atoms with Crippen LogP contribution in [-0.2, 0) is 4.79 Å². The first kappa shape index (κ1) is 16.2. The summed E-state index contributed by atoms with van der Waals surface area (Å²) in [5, 5.41) is 12.4. The molecule has 0 saturated carbocycles. The molecule has 6 nitrogen and oxygen atoms in total. The fourth-order valence-electron chi connectivity index (χ4n) is 1.87. The Morgan fingerprint density at radius 1 is 1.40 bits per heavy atom. The summed E-state index contributed by atoms with van der Waals surface area (Å²) in [5.41, 5.74) is -0.781. The van der Waals surface area contributed by atoms with Gasteiger partial charge >= 0.3 is 5.97 Å². The summed E-state index contributed by atoms with van der Waals surface area (Å²) in [6, 6.07) is 0. The molecule has 0 spiro atoms. The lowest BCUT2D eigenvalue weighted by molar-refractivity contribution is -0.148. The molecule has 0 aliphatic heterocycles. The van der Waals surface area contributed by atoms with Gasteiger partial charge in [-0.1, -0.05) is 13.8 Å². The second kappa shape index (κ2) is 7.07. The Hall–Kier alpha value is -1.85. The quantitative estimate of drug-likeness (QED) is 0.762. The van der Waals surface area contributed by atoms with Crippen LogP contribution in [0.2, 0.25) is 0 Å². The van der Waals surface area contributed by atoms with Gasteiger partial charge in [-0.2, -0.15) is 4.98 Å². The Labute approximate surface area is 119 Å². The molecule has 2 N–H and O–H groups in total. The summed E-state index contributed by atoms with van der Waals surface area (Å²) in [7, 11) is 0. The smallest absolute Gasteiger partial charge is 0.311 e. The van der Waals surface area contributed by atoms with Gasteiger partial charge in [-0.3, -0.25) is 9.78 Å². The molecule has 0 fully saturated rings. The van der Waals surface area contributed by atoms with Crippen LogP contribution in [-0.4, -0.2) is 33.7 Å². The lowest BCUT2D eigenvalue weighted by atomic mass is 9.82. The number of hydrogen-bond donors (Lipinski definition) is 2. The van der Waals surface area contributed by atoms with Gasteiger partial charge in [-0.15, -0.1) is 0 Å². The van der Waals surface area contributed by atoms with Crippen molar-refractivity contribution >= 4 is 11.8 Å². The molecule has 20 heavy (non-hydrogen) atoms. The summed E-state index contributed by atoms with van der Waals surface area (Å²) in [6.07, 6.45) is 4.23. The average Bonchev–Trinajstić information content (AvgIpc) is 2.40. The molecule has 1 aromatic rings. The van der Waals surface area contributed by atoms with Crippen molar-refractivity contribution in [2.75, 3.05) is 11.9 Å². The summed E-state index contributed by atoms with van der Waals surface area (Å²) in [4.78, 5) is 19.7. The molecule has 112 valence electrons. The van der Waals surface area contributed by atoms with Gasteiger partial charge in [0.25, 0.3) is 0 Å². The van der Waals surface area contributed by atoms with E-state index in [9.17, 15) is 9.90 Å². The van der Waals surface area contributed by atoms with Crippen LogP contribution in [0.5, 0.6) is 5.88 Å². The Kier molecular flexibility index (Phi) is 5.73. The maximum Gasteiger partial charge on any atom is 0.311 e. The van der Waals surface area contributed by atoms with Crippen molar-refractivity contribution in [3.05, 3.63) is 12.4 Å².